The van der Waals surface area contributed by atoms with Gasteiger partial charge in [0.2, 0.25) is 0 Å². The number of nitrogen functional groups attached to an aromatic ring is 1. The Morgan fingerprint density at radius 2 is 2.06 bits per heavy atom. The largest absolute Gasteiger partial charge is 0.384 e. The number of halogens is 2. The molecule has 7 heteroatoms. The summed E-state index contributed by atoms with van der Waals surface area (Å²) in [4.78, 5) is 20.3. The van der Waals surface area contributed by atoms with E-state index < -0.39 is 0 Å². The van der Waals surface area contributed by atoms with Gasteiger partial charge in [-0.25, -0.2) is 9.97 Å². The van der Waals surface area contributed by atoms with E-state index >= 15 is 0 Å². The van der Waals surface area contributed by atoms with E-state index in [0.29, 0.717) is 16.1 Å². The van der Waals surface area contributed by atoms with E-state index in [1.807, 2.05) is 6.92 Å². The molecule has 2 aromatic heterocycles. The SMILES string of the molecule is Cc1cc(N)nc(Cn2cc(Br)cc(Br)c2=O)n1. The normalized spacial score (nSPS) is 10.6. The van der Waals surface area contributed by atoms with Gasteiger partial charge in [-0.15, -0.1) is 0 Å². The molecule has 2 aromatic rings. The van der Waals surface area contributed by atoms with Gasteiger partial charge in [0, 0.05) is 22.4 Å². The third-order valence-corrected chi connectivity index (χ3v) is 3.24. The first-order chi connectivity index (χ1) is 8.45. The van der Waals surface area contributed by atoms with E-state index in [2.05, 4.69) is 41.8 Å². The maximum atomic E-state index is 11.9. The standard InChI is InChI=1S/C11H10Br2N4O/c1-6-2-9(14)16-10(15-6)5-17-4-7(12)3-8(13)11(17)18/h2-4H,5H2,1H3,(H2,14,15,16). The van der Waals surface area contributed by atoms with Crippen LogP contribution in [0.5, 0.6) is 0 Å². The summed E-state index contributed by atoms with van der Waals surface area (Å²) in [6.07, 6.45) is 1.69. The Morgan fingerprint density at radius 1 is 1.33 bits per heavy atom. The second-order valence-corrected chi connectivity index (χ2v) is 5.56. The summed E-state index contributed by atoms with van der Waals surface area (Å²) in [5, 5.41) is 0. The highest BCUT2D eigenvalue weighted by molar-refractivity contribution is 9.11. The molecule has 0 amide bonds. The minimum atomic E-state index is -0.137. The van der Waals surface area contributed by atoms with Crippen LogP contribution in [-0.2, 0) is 6.54 Å². The van der Waals surface area contributed by atoms with Gasteiger partial charge in [0.05, 0.1) is 11.0 Å². The number of pyridine rings is 1. The van der Waals surface area contributed by atoms with Crippen LogP contribution < -0.4 is 11.3 Å². The van der Waals surface area contributed by atoms with Crippen molar-refractivity contribution >= 4 is 37.7 Å². The summed E-state index contributed by atoms with van der Waals surface area (Å²) in [7, 11) is 0. The van der Waals surface area contributed by atoms with Crippen LogP contribution in [0, 0.1) is 6.92 Å². The van der Waals surface area contributed by atoms with Crippen molar-refractivity contribution in [1.82, 2.24) is 14.5 Å². The third-order valence-electron chi connectivity index (χ3n) is 2.24. The first-order valence-electron chi connectivity index (χ1n) is 5.11. The summed E-state index contributed by atoms with van der Waals surface area (Å²) in [6, 6.07) is 3.38. The predicted molar refractivity (Wildman–Crippen MR) is 76.4 cm³/mol. The molecule has 0 aliphatic heterocycles. The van der Waals surface area contributed by atoms with Gasteiger partial charge in [0.25, 0.3) is 5.56 Å². The van der Waals surface area contributed by atoms with E-state index in [0.717, 1.165) is 10.2 Å². The molecule has 94 valence electrons. The van der Waals surface area contributed by atoms with Crippen molar-refractivity contribution in [3.05, 3.63) is 49.1 Å². The van der Waals surface area contributed by atoms with Crippen LogP contribution in [0.15, 0.2) is 32.1 Å². The number of hydrogen-bond donors (Lipinski definition) is 1. The van der Waals surface area contributed by atoms with Crippen molar-refractivity contribution < 1.29 is 0 Å². The van der Waals surface area contributed by atoms with Crippen LogP contribution in [0.4, 0.5) is 5.82 Å². The molecule has 0 aromatic carbocycles. The summed E-state index contributed by atoms with van der Waals surface area (Å²) in [5.41, 5.74) is 6.29. The minimum Gasteiger partial charge on any atom is -0.384 e. The van der Waals surface area contributed by atoms with E-state index in [9.17, 15) is 4.79 Å². The average Bonchev–Trinajstić information content (AvgIpc) is 2.23. The number of aromatic nitrogens is 3. The Kier molecular flexibility index (Phi) is 3.82. The lowest BCUT2D eigenvalue weighted by molar-refractivity contribution is 0.706. The van der Waals surface area contributed by atoms with Crippen LogP contribution >= 0.6 is 31.9 Å². The van der Waals surface area contributed by atoms with Gasteiger partial charge in [-0.2, -0.15) is 0 Å². The Labute approximate surface area is 120 Å². The number of aryl methyl sites for hydroxylation is 1. The van der Waals surface area contributed by atoms with Crippen molar-refractivity contribution in [3.8, 4) is 0 Å². The molecule has 0 saturated heterocycles. The summed E-state index contributed by atoms with van der Waals surface area (Å²) in [5.74, 6) is 0.916. The molecule has 0 saturated carbocycles. The zero-order chi connectivity index (χ0) is 13.3. The number of nitrogens with zero attached hydrogens (tertiary/aromatic N) is 3. The molecule has 0 atom stereocenters. The predicted octanol–water partition coefficient (Wildman–Crippen LogP) is 2.10. The van der Waals surface area contributed by atoms with Crippen molar-refractivity contribution in [2.24, 2.45) is 0 Å². The highest BCUT2D eigenvalue weighted by Gasteiger charge is 2.06. The molecule has 5 nitrogen and oxygen atoms in total. The fourth-order valence-electron chi connectivity index (χ4n) is 1.56. The summed E-state index contributed by atoms with van der Waals surface area (Å²) in [6.45, 7) is 2.11. The molecule has 18 heavy (non-hydrogen) atoms. The first-order valence-corrected chi connectivity index (χ1v) is 6.70. The fraction of sp³-hybridized carbons (Fsp3) is 0.182. The van der Waals surface area contributed by atoms with Crippen molar-refractivity contribution in [2.75, 3.05) is 5.73 Å². The van der Waals surface area contributed by atoms with Gasteiger partial charge >= 0.3 is 0 Å². The molecule has 0 unspecified atom stereocenters. The van der Waals surface area contributed by atoms with Crippen molar-refractivity contribution in [2.45, 2.75) is 13.5 Å². The van der Waals surface area contributed by atoms with Crippen molar-refractivity contribution in [1.29, 1.82) is 0 Å². The van der Waals surface area contributed by atoms with E-state index in [4.69, 9.17) is 5.73 Å². The van der Waals surface area contributed by atoms with Crippen LogP contribution in [0.2, 0.25) is 0 Å². The van der Waals surface area contributed by atoms with Gasteiger partial charge in [-0.1, -0.05) is 0 Å². The van der Waals surface area contributed by atoms with E-state index in [1.165, 1.54) is 4.57 Å². The molecular formula is C11H10Br2N4O. The Morgan fingerprint density at radius 3 is 2.72 bits per heavy atom. The molecule has 0 bridgehead atoms. The van der Waals surface area contributed by atoms with Crippen LogP contribution in [0.3, 0.4) is 0 Å². The molecule has 0 aliphatic carbocycles. The lowest BCUT2D eigenvalue weighted by Gasteiger charge is -2.07. The fourth-order valence-corrected chi connectivity index (χ4v) is 2.82. The summed E-state index contributed by atoms with van der Waals surface area (Å²) < 4.78 is 2.80. The van der Waals surface area contributed by atoms with E-state index in [1.54, 1.807) is 18.3 Å². The molecule has 2 rings (SSSR count). The van der Waals surface area contributed by atoms with Crippen LogP contribution in [0.25, 0.3) is 0 Å². The first kappa shape index (κ1) is 13.2. The molecule has 0 fully saturated rings. The Hall–Kier alpha value is -1.21. The van der Waals surface area contributed by atoms with Gasteiger partial charge in [-0.05, 0) is 44.8 Å². The smallest absolute Gasteiger partial charge is 0.265 e. The number of rotatable bonds is 2. The molecule has 2 N–H and O–H groups in total. The molecule has 0 radical (unpaired) electrons. The zero-order valence-corrected chi connectivity index (χ0v) is 12.7. The van der Waals surface area contributed by atoms with Crippen LogP contribution in [-0.4, -0.2) is 14.5 Å². The second kappa shape index (κ2) is 5.19. The highest BCUT2D eigenvalue weighted by atomic mass is 79.9. The average molecular weight is 374 g/mol. The van der Waals surface area contributed by atoms with Gasteiger partial charge in [0.15, 0.2) is 5.82 Å². The maximum Gasteiger partial charge on any atom is 0.265 e. The molecule has 0 spiro atoms. The topological polar surface area (TPSA) is 73.8 Å². The number of anilines is 1. The summed E-state index contributed by atoms with van der Waals surface area (Å²) >= 11 is 6.54. The number of hydrogen-bond acceptors (Lipinski definition) is 4. The van der Waals surface area contributed by atoms with E-state index in [-0.39, 0.29) is 12.1 Å². The van der Waals surface area contributed by atoms with Gasteiger partial charge < -0.3 is 10.3 Å². The molecule has 0 aliphatic rings. The van der Waals surface area contributed by atoms with Gasteiger partial charge in [-0.3, -0.25) is 4.79 Å². The van der Waals surface area contributed by atoms with Gasteiger partial charge in [0.1, 0.15) is 5.82 Å². The monoisotopic (exact) mass is 372 g/mol. The maximum absolute atomic E-state index is 11.9. The second-order valence-electron chi connectivity index (χ2n) is 3.79. The zero-order valence-electron chi connectivity index (χ0n) is 9.52. The molecule has 2 heterocycles. The van der Waals surface area contributed by atoms with Crippen molar-refractivity contribution in [3.63, 3.8) is 0 Å². The quantitative estimate of drug-likeness (QED) is 0.874. The molecular weight excluding hydrogens is 364 g/mol. The lowest BCUT2D eigenvalue weighted by atomic mass is 10.4. The third kappa shape index (κ3) is 2.97. The van der Waals surface area contributed by atoms with Crippen LogP contribution in [0.1, 0.15) is 11.5 Å². The Bertz CT molecular complexity index is 634. The number of nitrogens with two attached hydrogens (primary N) is 1. The highest BCUT2D eigenvalue weighted by Crippen LogP contribution is 2.13. The Balaban J connectivity index is 2.43. The minimum absolute atomic E-state index is 0.137. The lowest BCUT2D eigenvalue weighted by Crippen LogP contribution is -2.22.